The van der Waals surface area contributed by atoms with E-state index in [0.717, 1.165) is 11.3 Å². The number of carbonyl (C=O) groups excluding carboxylic acids is 1. The molecule has 0 radical (unpaired) electrons. The lowest BCUT2D eigenvalue weighted by atomic mass is 9.53. The Labute approximate surface area is 193 Å². The van der Waals surface area contributed by atoms with Crippen molar-refractivity contribution in [3.05, 3.63) is 63.9 Å². The Hall–Kier alpha value is -2.47. The van der Waals surface area contributed by atoms with Gasteiger partial charge in [0.25, 0.3) is 0 Å². The Morgan fingerprint density at radius 1 is 1.28 bits per heavy atom. The normalized spacial score (nSPS) is 30.2. The standard InChI is InChI=1S/C26H30N4OS/c1-15-13-27-25(32-15)29-22(31)10-9-20-21-14-28-30-24(21)26(2)12-11-18-17-6-4-3-5-16(17)7-8-19(18)23(20)26/h3-6,13-14,18-20,23H,7-12H2,1-2H3,(H,28,30)(H,27,29,31). The summed E-state index contributed by atoms with van der Waals surface area (Å²) in [4.78, 5) is 18.1. The summed E-state index contributed by atoms with van der Waals surface area (Å²) in [6.07, 6.45) is 10.1. The molecular formula is C26H30N4OS. The van der Waals surface area contributed by atoms with Gasteiger partial charge in [0, 0.05) is 29.1 Å². The maximum Gasteiger partial charge on any atom is 0.226 e. The first kappa shape index (κ1) is 20.2. The molecule has 6 rings (SSSR count). The molecule has 32 heavy (non-hydrogen) atoms. The predicted molar refractivity (Wildman–Crippen MR) is 127 cm³/mol. The van der Waals surface area contributed by atoms with Gasteiger partial charge in [-0.05, 0) is 79.4 Å². The van der Waals surface area contributed by atoms with E-state index < -0.39 is 0 Å². The van der Waals surface area contributed by atoms with Gasteiger partial charge in [0.15, 0.2) is 5.13 Å². The van der Waals surface area contributed by atoms with E-state index in [-0.39, 0.29) is 11.3 Å². The van der Waals surface area contributed by atoms with E-state index in [2.05, 4.69) is 52.8 Å². The highest BCUT2D eigenvalue weighted by Gasteiger charge is 2.58. The lowest BCUT2D eigenvalue weighted by molar-refractivity contribution is -0.116. The van der Waals surface area contributed by atoms with E-state index in [4.69, 9.17) is 5.10 Å². The summed E-state index contributed by atoms with van der Waals surface area (Å²) in [5.41, 5.74) is 5.85. The van der Waals surface area contributed by atoms with Crippen molar-refractivity contribution >= 4 is 22.4 Å². The second-order valence-corrected chi connectivity index (χ2v) is 11.4. The van der Waals surface area contributed by atoms with Crippen LogP contribution >= 0.6 is 11.3 Å². The first-order valence-electron chi connectivity index (χ1n) is 11.9. The summed E-state index contributed by atoms with van der Waals surface area (Å²) in [5.74, 6) is 2.31. The lowest BCUT2D eigenvalue weighted by Gasteiger charge is -2.50. The first-order valence-corrected chi connectivity index (χ1v) is 12.7. The minimum Gasteiger partial charge on any atom is -0.302 e. The number of aryl methyl sites for hydroxylation is 2. The van der Waals surface area contributed by atoms with Crippen molar-refractivity contribution in [3.8, 4) is 0 Å². The number of aromatic amines is 1. The Bertz CT molecular complexity index is 1170. The van der Waals surface area contributed by atoms with Crippen molar-refractivity contribution in [3.63, 3.8) is 0 Å². The number of amides is 1. The highest BCUT2D eigenvalue weighted by molar-refractivity contribution is 7.15. The quantitative estimate of drug-likeness (QED) is 0.540. The summed E-state index contributed by atoms with van der Waals surface area (Å²) in [6, 6.07) is 9.07. The van der Waals surface area contributed by atoms with E-state index in [1.165, 1.54) is 48.3 Å². The molecule has 6 heteroatoms. The Kier molecular flexibility index (Phi) is 4.75. The number of H-pyrrole nitrogens is 1. The molecule has 0 saturated heterocycles. The maximum atomic E-state index is 12.7. The number of aromatic nitrogens is 3. The molecule has 2 aromatic heterocycles. The molecule has 1 saturated carbocycles. The molecule has 0 spiro atoms. The molecule has 3 aliphatic carbocycles. The average Bonchev–Trinajstić information content (AvgIpc) is 3.49. The molecule has 0 bridgehead atoms. The van der Waals surface area contributed by atoms with Crippen molar-refractivity contribution in [2.24, 2.45) is 11.8 Å². The van der Waals surface area contributed by atoms with Crippen LogP contribution in [0.3, 0.4) is 0 Å². The topological polar surface area (TPSA) is 70.7 Å². The SMILES string of the molecule is Cc1cnc(NC(=O)CCC2c3c[nH]nc3C3(C)CCC4c5ccccc5CCC4C23)s1. The summed E-state index contributed by atoms with van der Waals surface area (Å²) in [5, 5.41) is 11.6. The molecule has 5 unspecified atom stereocenters. The van der Waals surface area contributed by atoms with Gasteiger partial charge in [-0.2, -0.15) is 5.10 Å². The second kappa shape index (κ2) is 7.55. The van der Waals surface area contributed by atoms with Crippen LogP contribution in [0.4, 0.5) is 5.13 Å². The van der Waals surface area contributed by atoms with Gasteiger partial charge in [0.1, 0.15) is 0 Å². The highest BCUT2D eigenvalue weighted by atomic mass is 32.1. The van der Waals surface area contributed by atoms with Gasteiger partial charge in [-0.15, -0.1) is 11.3 Å². The maximum absolute atomic E-state index is 12.7. The van der Waals surface area contributed by atoms with Crippen LogP contribution in [0.5, 0.6) is 0 Å². The van der Waals surface area contributed by atoms with Gasteiger partial charge in [-0.1, -0.05) is 31.2 Å². The molecule has 2 N–H and O–H groups in total. The zero-order valence-corrected chi connectivity index (χ0v) is 19.5. The fraction of sp³-hybridized carbons (Fsp3) is 0.500. The highest BCUT2D eigenvalue weighted by Crippen LogP contribution is 2.64. The zero-order valence-electron chi connectivity index (χ0n) is 18.7. The van der Waals surface area contributed by atoms with Crippen LogP contribution in [0, 0.1) is 18.8 Å². The van der Waals surface area contributed by atoms with Gasteiger partial charge < -0.3 is 5.32 Å². The van der Waals surface area contributed by atoms with Gasteiger partial charge in [0.05, 0.1) is 5.69 Å². The number of hydrogen-bond acceptors (Lipinski definition) is 4. The number of hydrogen-bond donors (Lipinski definition) is 2. The van der Waals surface area contributed by atoms with Crippen LogP contribution in [0.1, 0.15) is 78.1 Å². The van der Waals surface area contributed by atoms with Crippen molar-refractivity contribution in [2.45, 2.75) is 69.6 Å². The molecule has 2 heterocycles. The van der Waals surface area contributed by atoms with E-state index in [9.17, 15) is 4.79 Å². The largest absolute Gasteiger partial charge is 0.302 e. The van der Waals surface area contributed by atoms with Crippen LogP contribution < -0.4 is 5.32 Å². The molecule has 1 fully saturated rings. The van der Waals surface area contributed by atoms with Gasteiger partial charge in [-0.3, -0.25) is 9.89 Å². The minimum absolute atomic E-state index is 0.0688. The lowest BCUT2D eigenvalue weighted by Crippen LogP contribution is -2.44. The molecule has 1 amide bonds. The van der Waals surface area contributed by atoms with Crippen LogP contribution in [0.15, 0.2) is 36.7 Å². The van der Waals surface area contributed by atoms with E-state index in [0.29, 0.717) is 35.2 Å². The van der Waals surface area contributed by atoms with Crippen LogP contribution in [-0.2, 0) is 16.6 Å². The molecule has 0 aliphatic heterocycles. The predicted octanol–water partition coefficient (Wildman–Crippen LogP) is 5.70. The van der Waals surface area contributed by atoms with Crippen LogP contribution in [0.25, 0.3) is 0 Å². The fourth-order valence-corrected chi connectivity index (χ4v) is 7.92. The molecule has 5 nitrogen and oxygen atoms in total. The summed E-state index contributed by atoms with van der Waals surface area (Å²) in [6.45, 7) is 4.45. The minimum atomic E-state index is 0.0688. The van der Waals surface area contributed by atoms with Crippen molar-refractivity contribution in [1.29, 1.82) is 0 Å². The molecule has 1 aromatic carbocycles. The van der Waals surface area contributed by atoms with Crippen molar-refractivity contribution < 1.29 is 4.79 Å². The Morgan fingerprint density at radius 3 is 3.00 bits per heavy atom. The number of benzene rings is 1. The first-order chi connectivity index (χ1) is 15.5. The van der Waals surface area contributed by atoms with E-state index in [1.807, 2.05) is 13.1 Å². The molecule has 5 atom stereocenters. The number of carbonyl (C=O) groups is 1. The van der Waals surface area contributed by atoms with Crippen LogP contribution in [0.2, 0.25) is 0 Å². The fourth-order valence-electron chi connectivity index (χ4n) is 7.24. The van der Waals surface area contributed by atoms with E-state index in [1.54, 1.807) is 11.1 Å². The summed E-state index contributed by atoms with van der Waals surface area (Å²) < 4.78 is 0. The monoisotopic (exact) mass is 446 g/mol. The third-order valence-corrected chi connectivity index (χ3v) is 9.31. The van der Waals surface area contributed by atoms with Gasteiger partial charge in [-0.25, -0.2) is 4.98 Å². The molecule has 3 aromatic rings. The van der Waals surface area contributed by atoms with E-state index >= 15 is 0 Å². The Morgan fingerprint density at radius 2 is 2.16 bits per heavy atom. The number of nitrogens with one attached hydrogen (secondary N) is 2. The third-order valence-electron chi connectivity index (χ3n) is 8.48. The average molecular weight is 447 g/mol. The number of fused-ring (bicyclic) bond motifs is 7. The zero-order chi connectivity index (χ0) is 21.9. The van der Waals surface area contributed by atoms with Gasteiger partial charge >= 0.3 is 0 Å². The number of rotatable bonds is 4. The van der Waals surface area contributed by atoms with Crippen molar-refractivity contribution in [1.82, 2.24) is 15.2 Å². The number of nitrogens with zero attached hydrogens (tertiary/aromatic N) is 2. The van der Waals surface area contributed by atoms with Crippen LogP contribution in [-0.4, -0.2) is 21.1 Å². The van der Waals surface area contributed by atoms with Gasteiger partial charge in [0.2, 0.25) is 5.91 Å². The molecule has 166 valence electrons. The molecular weight excluding hydrogens is 416 g/mol. The summed E-state index contributed by atoms with van der Waals surface area (Å²) >= 11 is 1.53. The number of anilines is 1. The smallest absolute Gasteiger partial charge is 0.226 e. The van der Waals surface area contributed by atoms with Crippen molar-refractivity contribution in [2.75, 3.05) is 5.32 Å². The number of thiazole rings is 1. The second-order valence-electron chi connectivity index (χ2n) is 10.1. The summed E-state index contributed by atoms with van der Waals surface area (Å²) in [7, 11) is 0. The third kappa shape index (κ3) is 3.06. The molecule has 3 aliphatic rings. The Balaban J connectivity index is 1.27.